The quantitative estimate of drug-likeness (QED) is 0.910. The minimum absolute atomic E-state index is 0.103. The third-order valence-corrected chi connectivity index (χ3v) is 3.54. The summed E-state index contributed by atoms with van der Waals surface area (Å²) in [4.78, 5) is 25.1. The second-order valence-corrected chi connectivity index (χ2v) is 5.06. The van der Waals surface area contributed by atoms with Gasteiger partial charge in [-0.1, -0.05) is 12.1 Å². The lowest BCUT2D eigenvalue weighted by Crippen LogP contribution is -2.42. The van der Waals surface area contributed by atoms with E-state index in [0.29, 0.717) is 31.7 Å². The Bertz CT molecular complexity index is 500. The molecule has 1 saturated heterocycles. The highest BCUT2D eigenvalue weighted by Crippen LogP contribution is 2.19. The number of carbonyl (C=O) groups excluding carboxylic acids is 1. The minimum atomic E-state index is -0.823. The Kier molecular flexibility index (Phi) is 4.74. The first-order valence-corrected chi connectivity index (χ1v) is 6.71. The fourth-order valence-corrected chi connectivity index (χ4v) is 2.51. The van der Waals surface area contributed by atoms with Crippen molar-refractivity contribution >= 4 is 11.9 Å². The van der Waals surface area contributed by atoms with Crippen molar-refractivity contribution in [1.29, 1.82) is 0 Å². The number of rotatable bonds is 4. The number of amides is 1. The van der Waals surface area contributed by atoms with E-state index < -0.39 is 11.9 Å². The predicted octanol–water partition coefficient (Wildman–Crippen LogP) is 1.77. The SMILES string of the molecule is COCc1cccc(C(=O)N2CCC[C@@H](C(=O)O)C2)c1. The normalized spacial score (nSPS) is 18.9. The largest absolute Gasteiger partial charge is 0.481 e. The van der Waals surface area contributed by atoms with Gasteiger partial charge in [-0.15, -0.1) is 0 Å². The molecule has 2 rings (SSSR count). The van der Waals surface area contributed by atoms with Gasteiger partial charge in [0, 0.05) is 25.8 Å². The Morgan fingerprint density at radius 2 is 2.25 bits per heavy atom. The van der Waals surface area contributed by atoms with Gasteiger partial charge in [0.05, 0.1) is 12.5 Å². The number of hydrogen-bond donors (Lipinski definition) is 1. The van der Waals surface area contributed by atoms with Gasteiger partial charge in [0.15, 0.2) is 0 Å². The molecule has 1 amide bonds. The summed E-state index contributed by atoms with van der Waals surface area (Å²) < 4.78 is 5.05. The average Bonchev–Trinajstić information content (AvgIpc) is 2.47. The number of benzene rings is 1. The number of ether oxygens (including phenoxy) is 1. The molecular weight excluding hydrogens is 258 g/mol. The average molecular weight is 277 g/mol. The molecule has 1 aliphatic rings. The van der Waals surface area contributed by atoms with Gasteiger partial charge in [0.2, 0.25) is 0 Å². The zero-order chi connectivity index (χ0) is 14.5. The Morgan fingerprint density at radius 1 is 1.45 bits per heavy atom. The smallest absolute Gasteiger partial charge is 0.308 e. The molecule has 0 bridgehead atoms. The molecule has 1 fully saturated rings. The molecule has 0 spiro atoms. The van der Waals surface area contributed by atoms with Crippen molar-refractivity contribution in [1.82, 2.24) is 4.90 Å². The van der Waals surface area contributed by atoms with Crippen LogP contribution in [0, 0.1) is 5.92 Å². The fraction of sp³-hybridized carbons (Fsp3) is 0.467. The van der Waals surface area contributed by atoms with Crippen LogP contribution in [-0.2, 0) is 16.1 Å². The molecule has 0 aliphatic carbocycles. The fourth-order valence-electron chi connectivity index (χ4n) is 2.51. The highest BCUT2D eigenvalue weighted by molar-refractivity contribution is 5.94. The Labute approximate surface area is 118 Å². The van der Waals surface area contributed by atoms with Crippen LogP contribution in [0.4, 0.5) is 0 Å². The number of carboxylic acid groups (broad SMARTS) is 1. The van der Waals surface area contributed by atoms with Crippen molar-refractivity contribution in [2.45, 2.75) is 19.4 Å². The number of likely N-dealkylation sites (tertiary alicyclic amines) is 1. The van der Waals surface area contributed by atoms with Crippen molar-refractivity contribution in [3.05, 3.63) is 35.4 Å². The molecule has 5 heteroatoms. The molecule has 0 unspecified atom stereocenters. The molecule has 1 N–H and O–H groups in total. The molecule has 0 radical (unpaired) electrons. The first kappa shape index (κ1) is 14.5. The summed E-state index contributed by atoms with van der Waals surface area (Å²) in [6.07, 6.45) is 1.38. The summed E-state index contributed by atoms with van der Waals surface area (Å²) in [7, 11) is 1.61. The van der Waals surface area contributed by atoms with E-state index in [1.165, 1.54) is 0 Å². The van der Waals surface area contributed by atoms with Crippen LogP contribution in [0.25, 0.3) is 0 Å². The molecule has 20 heavy (non-hydrogen) atoms. The van der Waals surface area contributed by atoms with Gasteiger partial charge < -0.3 is 14.7 Å². The van der Waals surface area contributed by atoms with E-state index in [-0.39, 0.29) is 5.91 Å². The van der Waals surface area contributed by atoms with Crippen LogP contribution in [0.2, 0.25) is 0 Å². The van der Waals surface area contributed by atoms with Crippen LogP contribution in [0.5, 0.6) is 0 Å². The maximum Gasteiger partial charge on any atom is 0.308 e. The van der Waals surface area contributed by atoms with Crippen molar-refractivity contribution in [2.24, 2.45) is 5.92 Å². The van der Waals surface area contributed by atoms with Crippen molar-refractivity contribution in [2.75, 3.05) is 20.2 Å². The second kappa shape index (κ2) is 6.52. The van der Waals surface area contributed by atoms with E-state index >= 15 is 0 Å². The maximum absolute atomic E-state index is 12.4. The van der Waals surface area contributed by atoms with E-state index in [2.05, 4.69) is 0 Å². The topological polar surface area (TPSA) is 66.8 Å². The maximum atomic E-state index is 12.4. The molecule has 0 saturated carbocycles. The van der Waals surface area contributed by atoms with Gasteiger partial charge in [-0.3, -0.25) is 9.59 Å². The summed E-state index contributed by atoms with van der Waals surface area (Å²) in [5.41, 5.74) is 1.52. The third kappa shape index (κ3) is 3.36. The third-order valence-electron chi connectivity index (χ3n) is 3.54. The number of aliphatic carboxylic acids is 1. The van der Waals surface area contributed by atoms with Crippen LogP contribution < -0.4 is 0 Å². The molecule has 1 aliphatic heterocycles. The van der Waals surface area contributed by atoms with Crippen molar-refractivity contribution in [3.8, 4) is 0 Å². The lowest BCUT2D eigenvalue weighted by molar-refractivity contribution is -0.143. The number of methoxy groups -OCH3 is 1. The second-order valence-electron chi connectivity index (χ2n) is 5.06. The molecular formula is C15H19NO4. The Morgan fingerprint density at radius 3 is 2.95 bits per heavy atom. The molecule has 1 atom stereocenters. The van der Waals surface area contributed by atoms with Crippen molar-refractivity contribution < 1.29 is 19.4 Å². The summed E-state index contributed by atoms with van der Waals surface area (Å²) in [6.45, 7) is 1.37. The van der Waals surface area contributed by atoms with Gasteiger partial charge in [0.1, 0.15) is 0 Å². The monoisotopic (exact) mass is 277 g/mol. The molecule has 5 nitrogen and oxygen atoms in total. The van der Waals surface area contributed by atoms with Gasteiger partial charge in [-0.2, -0.15) is 0 Å². The first-order valence-electron chi connectivity index (χ1n) is 6.71. The van der Waals surface area contributed by atoms with Crippen LogP contribution in [0.1, 0.15) is 28.8 Å². The number of hydrogen-bond acceptors (Lipinski definition) is 3. The molecule has 1 heterocycles. The highest BCUT2D eigenvalue weighted by Gasteiger charge is 2.28. The standard InChI is InChI=1S/C15H19NO4/c1-20-10-11-4-2-5-12(8-11)14(17)16-7-3-6-13(9-16)15(18)19/h2,4-5,8,13H,3,6-7,9-10H2,1H3,(H,18,19)/t13-/m1/s1. The zero-order valence-electron chi connectivity index (χ0n) is 11.5. The predicted molar refractivity (Wildman–Crippen MR) is 73.4 cm³/mol. The van der Waals surface area contributed by atoms with E-state index in [0.717, 1.165) is 12.0 Å². The number of nitrogens with zero attached hydrogens (tertiary/aromatic N) is 1. The number of carbonyl (C=O) groups is 2. The summed E-state index contributed by atoms with van der Waals surface area (Å²) in [5.74, 6) is -1.38. The number of carboxylic acids is 1. The van der Waals surface area contributed by atoms with Crippen molar-refractivity contribution in [3.63, 3.8) is 0 Å². The lowest BCUT2D eigenvalue weighted by atomic mass is 9.97. The van der Waals surface area contributed by atoms with E-state index in [9.17, 15) is 9.59 Å². The minimum Gasteiger partial charge on any atom is -0.481 e. The van der Waals surface area contributed by atoms with Gasteiger partial charge >= 0.3 is 5.97 Å². The van der Waals surface area contributed by atoms with Crippen LogP contribution >= 0.6 is 0 Å². The summed E-state index contributed by atoms with van der Waals surface area (Å²) in [6, 6.07) is 7.28. The number of piperidine rings is 1. The van der Waals surface area contributed by atoms with E-state index in [4.69, 9.17) is 9.84 Å². The van der Waals surface area contributed by atoms with Crippen LogP contribution in [0.3, 0.4) is 0 Å². The Hall–Kier alpha value is -1.88. The molecule has 1 aromatic rings. The Balaban J connectivity index is 2.10. The van der Waals surface area contributed by atoms with E-state index in [1.54, 1.807) is 24.1 Å². The van der Waals surface area contributed by atoms with Gasteiger partial charge in [-0.25, -0.2) is 0 Å². The first-order chi connectivity index (χ1) is 9.61. The van der Waals surface area contributed by atoms with Crippen LogP contribution in [-0.4, -0.2) is 42.1 Å². The van der Waals surface area contributed by atoms with E-state index in [1.807, 2.05) is 12.1 Å². The van der Waals surface area contributed by atoms with Gasteiger partial charge in [-0.05, 0) is 30.5 Å². The molecule has 1 aromatic carbocycles. The summed E-state index contributed by atoms with van der Waals surface area (Å²) in [5, 5.41) is 9.07. The highest BCUT2D eigenvalue weighted by atomic mass is 16.5. The van der Waals surface area contributed by atoms with Gasteiger partial charge in [0.25, 0.3) is 5.91 Å². The van der Waals surface area contributed by atoms with Crippen LogP contribution in [0.15, 0.2) is 24.3 Å². The summed E-state index contributed by atoms with van der Waals surface area (Å²) >= 11 is 0. The lowest BCUT2D eigenvalue weighted by Gasteiger charge is -2.30. The molecule has 0 aromatic heterocycles. The molecule has 108 valence electrons. The zero-order valence-corrected chi connectivity index (χ0v) is 11.5.